The molecule has 1 N–H and O–H groups in total. The number of anilines is 1. The number of halogens is 1. The van der Waals surface area contributed by atoms with Gasteiger partial charge in [-0.25, -0.2) is 14.4 Å². The number of nitrogens with one attached hydrogen (secondary N) is 1. The summed E-state index contributed by atoms with van der Waals surface area (Å²) in [5, 5.41) is 2.74. The van der Waals surface area contributed by atoms with E-state index in [4.69, 9.17) is 4.74 Å². The molecule has 3 aromatic rings. The molecule has 26 heavy (non-hydrogen) atoms. The van der Waals surface area contributed by atoms with E-state index in [2.05, 4.69) is 15.3 Å². The molecule has 0 fully saturated rings. The molecule has 2 aromatic heterocycles. The number of hydrogen-bond donors (Lipinski definition) is 1. The van der Waals surface area contributed by atoms with E-state index in [1.807, 2.05) is 22.9 Å². The number of rotatable bonds is 0. The van der Waals surface area contributed by atoms with Crippen LogP contribution in [0.1, 0.15) is 23.2 Å². The van der Waals surface area contributed by atoms with E-state index in [1.165, 1.54) is 18.2 Å². The zero-order chi connectivity index (χ0) is 17.9. The number of carbonyl (C=O) groups is 1. The molecule has 0 saturated carbocycles. The van der Waals surface area contributed by atoms with Crippen molar-refractivity contribution in [3.63, 3.8) is 0 Å². The lowest BCUT2D eigenvalue weighted by atomic mass is 10.1. The van der Waals surface area contributed by atoms with Gasteiger partial charge in [-0.05, 0) is 37.1 Å². The van der Waals surface area contributed by atoms with Crippen molar-refractivity contribution >= 4 is 11.7 Å². The number of benzene rings is 1. The lowest BCUT2D eigenvalue weighted by Crippen LogP contribution is -2.16. The van der Waals surface area contributed by atoms with Crippen molar-refractivity contribution in [1.82, 2.24) is 14.5 Å². The van der Waals surface area contributed by atoms with Crippen molar-refractivity contribution in [2.45, 2.75) is 19.4 Å². The Morgan fingerprint density at radius 3 is 3.04 bits per heavy atom. The molecule has 0 radical (unpaired) electrons. The molecule has 1 aliphatic heterocycles. The number of aryl methyl sites for hydroxylation is 1. The lowest BCUT2D eigenvalue weighted by Gasteiger charge is -2.14. The highest BCUT2D eigenvalue weighted by Crippen LogP contribution is 2.23. The number of nitrogens with zero attached hydrogens (tertiary/aromatic N) is 3. The maximum absolute atomic E-state index is 13.6. The summed E-state index contributed by atoms with van der Waals surface area (Å²) < 4.78 is 21.3. The van der Waals surface area contributed by atoms with Gasteiger partial charge in [-0.1, -0.05) is 6.07 Å². The Balaban J connectivity index is 1.74. The summed E-state index contributed by atoms with van der Waals surface area (Å²) in [5.74, 6) is 0.542. The van der Waals surface area contributed by atoms with E-state index in [1.54, 1.807) is 12.3 Å². The Morgan fingerprint density at radius 2 is 2.12 bits per heavy atom. The van der Waals surface area contributed by atoms with E-state index in [0.29, 0.717) is 18.1 Å². The molecule has 2 bridgehead atoms. The average molecular weight is 352 g/mol. The van der Waals surface area contributed by atoms with Crippen molar-refractivity contribution in [1.29, 1.82) is 0 Å². The van der Waals surface area contributed by atoms with Gasteiger partial charge >= 0.3 is 0 Å². The molecule has 0 aliphatic carbocycles. The van der Waals surface area contributed by atoms with Crippen LogP contribution in [-0.2, 0) is 6.54 Å². The largest absolute Gasteiger partial charge is 0.493 e. The van der Waals surface area contributed by atoms with Crippen LogP contribution in [0.15, 0.2) is 48.8 Å². The van der Waals surface area contributed by atoms with Gasteiger partial charge < -0.3 is 14.6 Å². The van der Waals surface area contributed by atoms with Crippen LogP contribution in [-0.4, -0.2) is 27.0 Å². The second-order valence-electron chi connectivity index (χ2n) is 6.00. The molecule has 6 nitrogen and oxygen atoms in total. The minimum atomic E-state index is -0.444. The minimum absolute atomic E-state index is 0.235. The summed E-state index contributed by atoms with van der Waals surface area (Å²) in [6.45, 7) is 1.17. The lowest BCUT2D eigenvalue weighted by molar-refractivity contribution is 0.102. The molecule has 132 valence electrons. The van der Waals surface area contributed by atoms with Crippen molar-refractivity contribution in [3.05, 3.63) is 60.2 Å². The van der Waals surface area contributed by atoms with Gasteiger partial charge in [0.05, 0.1) is 12.2 Å². The maximum atomic E-state index is 13.6. The Kier molecular flexibility index (Phi) is 4.35. The van der Waals surface area contributed by atoms with Crippen LogP contribution in [0.2, 0.25) is 0 Å². The van der Waals surface area contributed by atoms with Gasteiger partial charge in [0.25, 0.3) is 5.91 Å². The molecule has 0 unspecified atom stereocenters. The third-order valence-electron chi connectivity index (χ3n) is 4.17. The number of ether oxygens (including phenoxy) is 1. The summed E-state index contributed by atoms with van der Waals surface area (Å²) in [7, 11) is 0. The summed E-state index contributed by atoms with van der Waals surface area (Å²) in [5.41, 5.74) is 0.956. The van der Waals surface area contributed by atoms with Crippen LogP contribution in [0.5, 0.6) is 5.75 Å². The van der Waals surface area contributed by atoms with Crippen molar-refractivity contribution in [2.24, 2.45) is 0 Å². The zero-order valence-corrected chi connectivity index (χ0v) is 14.0. The maximum Gasteiger partial charge on any atom is 0.260 e. The standard InChI is InChI=1S/C19H17FN4O2/c20-13-6-7-14-16(12-13)26-11-2-1-9-24-10-8-21-18(24)15-4-3-5-17(22-15)23-19(14)25/h3-8,10,12H,1-2,9,11H2,(H,22,23,25). The first-order valence-electron chi connectivity index (χ1n) is 8.43. The Bertz CT molecular complexity index is 954. The molecular formula is C19H17FN4O2. The number of hydrogen-bond acceptors (Lipinski definition) is 4. The summed E-state index contributed by atoms with van der Waals surface area (Å²) in [4.78, 5) is 21.5. The monoisotopic (exact) mass is 352 g/mol. The molecule has 0 atom stereocenters. The molecule has 1 aliphatic rings. The van der Waals surface area contributed by atoms with E-state index in [0.717, 1.165) is 25.2 Å². The first-order valence-corrected chi connectivity index (χ1v) is 8.43. The number of pyridine rings is 1. The summed E-state index contributed by atoms with van der Waals surface area (Å²) in [6.07, 6.45) is 5.26. The fourth-order valence-electron chi connectivity index (χ4n) is 2.90. The van der Waals surface area contributed by atoms with Gasteiger partial charge in [-0.15, -0.1) is 0 Å². The molecule has 3 heterocycles. The fourth-order valence-corrected chi connectivity index (χ4v) is 2.90. The summed E-state index contributed by atoms with van der Waals surface area (Å²) >= 11 is 0. The number of amides is 1. The van der Waals surface area contributed by atoms with Gasteiger partial charge in [0.2, 0.25) is 0 Å². The molecule has 0 saturated heterocycles. The molecule has 1 amide bonds. The summed E-state index contributed by atoms with van der Waals surface area (Å²) in [6, 6.07) is 9.26. The molecule has 1 aromatic carbocycles. The highest BCUT2D eigenvalue weighted by Gasteiger charge is 2.16. The second kappa shape index (κ2) is 6.95. The minimum Gasteiger partial charge on any atom is -0.493 e. The van der Waals surface area contributed by atoms with Gasteiger partial charge in [-0.2, -0.15) is 0 Å². The van der Waals surface area contributed by atoms with Crippen molar-refractivity contribution < 1.29 is 13.9 Å². The third-order valence-corrected chi connectivity index (χ3v) is 4.17. The number of imidazole rings is 1. The SMILES string of the molecule is O=C1Nc2cccc(n2)-c2nccn2CCCCOc2cc(F)ccc21. The number of fused-ring (bicyclic) bond motifs is 5. The van der Waals surface area contributed by atoms with Crippen LogP contribution in [0, 0.1) is 5.82 Å². The smallest absolute Gasteiger partial charge is 0.260 e. The third kappa shape index (κ3) is 3.28. The number of carbonyl (C=O) groups excluding carboxylic acids is 1. The van der Waals surface area contributed by atoms with Crippen molar-refractivity contribution in [2.75, 3.05) is 11.9 Å². The Labute approximate surface area is 149 Å². The van der Waals surface area contributed by atoms with E-state index < -0.39 is 11.7 Å². The quantitative estimate of drug-likeness (QED) is 0.672. The van der Waals surface area contributed by atoms with Gasteiger partial charge in [-0.3, -0.25) is 4.79 Å². The predicted molar refractivity (Wildman–Crippen MR) is 94.5 cm³/mol. The first-order chi connectivity index (χ1) is 12.7. The second-order valence-corrected chi connectivity index (χ2v) is 6.00. The van der Waals surface area contributed by atoms with Gasteiger partial charge in [0.15, 0.2) is 5.82 Å². The van der Waals surface area contributed by atoms with E-state index in [9.17, 15) is 9.18 Å². The first kappa shape index (κ1) is 16.3. The molecule has 4 rings (SSSR count). The normalized spacial score (nSPS) is 14.4. The average Bonchev–Trinajstić information content (AvgIpc) is 3.09. The number of aromatic nitrogens is 3. The Morgan fingerprint density at radius 1 is 1.19 bits per heavy atom. The van der Waals surface area contributed by atoms with Gasteiger partial charge in [0.1, 0.15) is 23.1 Å². The molecule has 7 heteroatoms. The van der Waals surface area contributed by atoms with Crippen LogP contribution >= 0.6 is 0 Å². The highest BCUT2D eigenvalue weighted by atomic mass is 19.1. The van der Waals surface area contributed by atoms with E-state index in [-0.39, 0.29) is 11.3 Å². The van der Waals surface area contributed by atoms with Gasteiger partial charge in [0, 0.05) is 25.0 Å². The predicted octanol–water partition coefficient (Wildman–Crippen LogP) is 3.51. The Hall–Kier alpha value is -3.22. The van der Waals surface area contributed by atoms with Crippen molar-refractivity contribution in [3.8, 4) is 17.3 Å². The molecule has 0 spiro atoms. The fraction of sp³-hybridized carbons (Fsp3) is 0.211. The highest BCUT2D eigenvalue weighted by molar-refractivity contribution is 6.05. The van der Waals surface area contributed by atoms with Crippen LogP contribution in [0.3, 0.4) is 0 Å². The van der Waals surface area contributed by atoms with E-state index >= 15 is 0 Å². The zero-order valence-electron chi connectivity index (χ0n) is 14.0. The van der Waals surface area contributed by atoms with Crippen LogP contribution < -0.4 is 10.1 Å². The van der Waals surface area contributed by atoms with Crippen LogP contribution in [0.25, 0.3) is 11.5 Å². The topological polar surface area (TPSA) is 69.0 Å². The molecular weight excluding hydrogens is 335 g/mol. The van der Waals surface area contributed by atoms with Crippen LogP contribution in [0.4, 0.5) is 10.2 Å².